The summed E-state index contributed by atoms with van der Waals surface area (Å²) in [7, 11) is 0. The van der Waals surface area contributed by atoms with Crippen LogP contribution in [-0.2, 0) is 11.8 Å². The second-order valence-corrected chi connectivity index (χ2v) is 5.89. The van der Waals surface area contributed by atoms with E-state index in [2.05, 4.69) is 5.32 Å². The van der Waals surface area contributed by atoms with E-state index in [0.29, 0.717) is 25.3 Å². The van der Waals surface area contributed by atoms with Crippen molar-refractivity contribution in [3.8, 4) is 5.75 Å². The maximum absolute atomic E-state index is 9.89. The summed E-state index contributed by atoms with van der Waals surface area (Å²) >= 11 is 0. The number of phenols is 1. The van der Waals surface area contributed by atoms with Crippen LogP contribution in [0.3, 0.4) is 0 Å². The molecule has 0 amide bonds. The zero-order chi connectivity index (χ0) is 14.5. The topological polar surface area (TPSA) is 72.7 Å². The highest BCUT2D eigenvalue weighted by atomic mass is 16.3. The summed E-state index contributed by atoms with van der Waals surface area (Å²) in [5.74, 6) is 0.296. The van der Waals surface area contributed by atoms with E-state index in [4.69, 9.17) is 5.11 Å². The van der Waals surface area contributed by atoms with Gasteiger partial charge in [-0.2, -0.15) is 0 Å². The van der Waals surface area contributed by atoms with Gasteiger partial charge in [0.2, 0.25) is 0 Å². The van der Waals surface area contributed by atoms with E-state index in [1.54, 1.807) is 6.07 Å². The monoisotopic (exact) mass is 267 g/mol. The second-order valence-electron chi connectivity index (χ2n) is 5.89. The van der Waals surface area contributed by atoms with Gasteiger partial charge in [0.25, 0.3) is 0 Å². The van der Waals surface area contributed by atoms with E-state index in [0.717, 1.165) is 11.1 Å². The number of phenolic OH excluding ortho intramolecular Hbond substituents is 1. The highest BCUT2D eigenvalue weighted by molar-refractivity contribution is 5.40. The van der Waals surface area contributed by atoms with Gasteiger partial charge in [-0.1, -0.05) is 32.9 Å². The lowest BCUT2D eigenvalue weighted by molar-refractivity contribution is 0.168. The Balaban J connectivity index is 2.69. The predicted molar refractivity (Wildman–Crippen MR) is 76.5 cm³/mol. The molecule has 1 rings (SSSR count). The molecule has 0 aromatic heterocycles. The molecule has 0 fully saturated rings. The van der Waals surface area contributed by atoms with Crippen molar-refractivity contribution in [3.63, 3.8) is 0 Å². The average molecular weight is 267 g/mol. The lowest BCUT2D eigenvalue weighted by Crippen LogP contribution is -2.30. The molecule has 0 bridgehead atoms. The fraction of sp³-hybridized carbons (Fsp3) is 0.600. The largest absolute Gasteiger partial charge is 0.508 e. The maximum atomic E-state index is 9.89. The van der Waals surface area contributed by atoms with Crippen molar-refractivity contribution in [1.29, 1.82) is 0 Å². The van der Waals surface area contributed by atoms with Gasteiger partial charge in [-0.3, -0.25) is 0 Å². The third-order valence-electron chi connectivity index (χ3n) is 3.01. The molecule has 1 aromatic rings. The molecule has 0 saturated carbocycles. The molecule has 0 spiro atoms. The fourth-order valence-corrected chi connectivity index (χ4v) is 2.00. The molecule has 1 unspecified atom stereocenters. The third kappa shape index (κ3) is 5.19. The summed E-state index contributed by atoms with van der Waals surface area (Å²) in [6.07, 6.45) is 0.0332. The summed E-state index contributed by atoms with van der Waals surface area (Å²) in [5, 5.41) is 31.4. The molecule has 4 heteroatoms. The van der Waals surface area contributed by atoms with Crippen LogP contribution in [0.15, 0.2) is 18.2 Å². The minimum Gasteiger partial charge on any atom is -0.508 e. The van der Waals surface area contributed by atoms with Crippen molar-refractivity contribution in [2.24, 2.45) is 0 Å². The minimum atomic E-state index is -0.496. The summed E-state index contributed by atoms with van der Waals surface area (Å²) in [5.41, 5.74) is 1.77. The minimum absolute atomic E-state index is 0.0695. The van der Waals surface area contributed by atoms with Crippen LogP contribution in [0.2, 0.25) is 0 Å². The molecule has 4 nitrogen and oxygen atoms in total. The zero-order valence-corrected chi connectivity index (χ0v) is 12.0. The van der Waals surface area contributed by atoms with Crippen LogP contribution < -0.4 is 5.32 Å². The van der Waals surface area contributed by atoms with E-state index in [9.17, 15) is 10.2 Å². The molecule has 1 aromatic carbocycles. The number of hydrogen-bond donors (Lipinski definition) is 4. The van der Waals surface area contributed by atoms with Gasteiger partial charge in [0, 0.05) is 13.1 Å². The van der Waals surface area contributed by atoms with Gasteiger partial charge < -0.3 is 20.6 Å². The summed E-state index contributed by atoms with van der Waals surface area (Å²) < 4.78 is 0. The van der Waals surface area contributed by atoms with Crippen molar-refractivity contribution in [2.45, 2.75) is 38.7 Å². The van der Waals surface area contributed by atoms with Crippen molar-refractivity contribution < 1.29 is 15.3 Å². The quantitative estimate of drug-likeness (QED) is 0.584. The van der Waals surface area contributed by atoms with E-state index in [1.165, 1.54) is 0 Å². The Hall–Kier alpha value is -1.10. The molecular formula is C15H25NO3. The Labute approximate surface area is 115 Å². The summed E-state index contributed by atoms with van der Waals surface area (Å²) in [6, 6.07) is 5.47. The van der Waals surface area contributed by atoms with Gasteiger partial charge in [0.15, 0.2) is 0 Å². The van der Waals surface area contributed by atoms with E-state index < -0.39 is 6.10 Å². The van der Waals surface area contributed by atoms with Gasteiger partial charge >= 0.3 is 0 Å². The normalized spacial score (nSPS) is 13.5. The first-order valence-electron chi connectivity index (χ1n) is 6.66. The number of benzene rings is 1. The molecule has 0 saturated heterocycles. The highest BCUT2D eigenvalue weighted by Gasteiger charge is 2.18. The van der Waals surface area contributed by atoms with Crippen molar-refractivity contribution in [3.05, 3.63) is 29.3 Å². The fourth-order valence-electron chi connectivity index (χ4n) is 2.00. The lowest BCUT2D eigenvalue weighted by atomic mass is 9.85. The standard InChI is InChI=1S/C15H25NO3/c1-15(2,3)13-9-11(4-5-14(13)19)8-12(18)10-16-6-7-17/h4-5,9,12,16-19H,6-8,10H2,1-3H3. The van der Waals surface area contributed by atoms with Crippen LogP contribution in [0.1, 0.15) is 31.9 Å². The van der Waals surface area contributed by atoms with Crippen LogP contribution in [-0.4, -0.2) is 41.1 Å². The Morgan fingerprint density at radius 1 is 1.26 bits per heavy atom. The van der Waals surface area contributed by atoms with Gasteiger partial charge in [0.1, 0.15) is 5.75 Å². The van der Waals surface area contributed by atoms with Crippen LogP contribution in [0.25, 0.3) is 0 Å². The second kappa shape index (κ2) is 6.89. The molecule has 19 heavy (non-hydrogen) atoms. The molecule has 0 radical (unpaired) electrons. The number of aliphatic hydroxyl groups is 2. The van der Waals surface area contributed by atoms with Crippen LogP contribution >= 0.6 is 0 Å². The van der Waals surface area contributed by atoms with Crippen LogP contribution in [0.5, 0.6) is 5.75 Å². The Kier molecular flexibility index (Phi) is 5.79. The van der Waals surface area contributed by atoms with E-state index >= 15 is 0 Å². The van der Waals surface area contributed by atoms with Crippen LogP contribution in [0.4, 0.5) is 0 Å². The van der Waals surface area contributed by atoms with Crippen molar-refractivity contribution >= 4 is 0 Å². The summed E-state index contributed by atoms with van der Waals surface area (Å²) in [6.45, 7) is 7.15. The van der Waals surface area contributed by atoms with Gasteiger partial charge in [-0.15, -0.1) is 0 Å². The summed E-state index contributed by atoms with van der Waals surface area (Å²) in [4.78, 5) is 0. The number of hydrogen-bond acceptors (Lipinski definition) is 4. The number of nitrogens with one attached hydrogen (secondary N) is 1. The number of aromatic hydroxyl groups is 1. The Bertz CT molecular complexity index is 399. The first-order valence-corrected chi connectivity index (χ1v) is 6.66. The van der Waals surface area contributed by atoms with E-state index in [-0.39, 0.29) is 12.0 Å². The highest BCUT2D eigenvalue weighted by Crippen LogP contribution is 2.31. The van der Waals surface area contributed by atoms with Gasteiger partial charge in [0.05, 0.1) is 12.7 Å². The van der Waals surface area contributed by atoms with Crippen LogP contribution in [0, 0.1) is 0 Å². The first-order chi connectivity index (χ1) is 8.84. The Morgan fingerprint density at radius 3 is 2.53 bits per heavy atom. The van der Waals surface area contributed by atoms with Crippen molar-refractivity contribution in [1.82, 2.24) is 5.32 Å². The van der Waals surface area contributed by atoms with Gasteiger partial charge in [-0.05, 0) is 29.0 Å². The Morgan fingerprint density at radius 2 is 1.95 bits per heavy atom. The lowest BCUT2D eigenvalue weighted by Gasteiger charge is -2.22. The molecule has 108 valence electrons. The maximum Gasteiger partial charge on any atom is 0.119 e. The first kappa shape index (κ1) is 16.0. The molecule has 0 aliphatic rings. The SMILES string of the molecule is CC(C)(C)c1cc(CC(O)CNCCO)ccc1O. The molecule has 1 atom stereocenters. The molecule has 0 aliphatic heterocycles. The van der Waals surface area contributed by atoms with Crippen molar-refractivity contribution in [2.75, 3.05) is 19.7 Å². The molecule has 0 aliphatic carbocycles. The number of aliphatic hydroxyl groups excluding tert-OH is 2. The molecule has 4 N–H and O–H groups in total. The zero-order valence-electron chi connectivity index (χ0n) is 12.0. The molecule has 0 heterocycles. The smallest absolute Gasteiger partial charge is 0.119 e. The third-order valence-corrected chi connectivity index (χ3v) is 3.01. The van der Waals surface area contributed by atoms with Gasteiger partial charge in [-0.25, -0.2) is 0 Å². The average Bonchev–Trinajstić information content (AvgIpc) is 2.30. The number of rotatable bonds is 6. The molecular weight excluding hydrogens is 242 g/mol. The van der Waals surface area contributed by atoms with E-state index in [1.807, 2.05) is 32.9 Å². The predicted octanol–water partition coefficient (Wildman–Crippen LogP) is 1.17.